The summed E-state index contributed by atoms with van der Waals surface area (Å²) in [5.74, 6) is 1.15. The maximum Gasteiger partial charge on any atom is 0.0620 e. The summed E-state index contributed by atoms with van der Waals surface area (Å²) >= 11 is 0. The molecule has 0 amide bonds. The van der Waals surface area contributed by atoms with Gasteiger partial charge in [-0.1, -0.05) is 0 Å². The summed E-state index contributed by atoms with van der Waals surface area (Å²) in [4.78, 5) is 2.51. The number of nitrogens with zero attached hydrogens (tertiary/aromatic N) is 1. The Bertz CT molecular complexity index is 155. The second-order valence-corrected chi connectivity index (χ2v) is 4.64. The van der Waals surface area contributed by atoms with Gasteiger partial charge in [0.1, 0.15) is 0 Å². The second kappa shape index (κ2) is 3.00. The van der Waals surface area contributed by atoms with E-state index >= 15 is 0 Å². The van der Waals surface area contributed by atoms with Crippen molar-refractivity contribution in [2.75, 3.05) is 13.1 Å². The monoisotopic (exact) mass is 169 g/mol. The van der Waals surface area contributed by atoms with Gasteiger partial charge in [0.2, 0.25) is 0 Å². The van der Waals surface area contributed by atoms with E-state index in [2.05, 4.69) is 18.7 Å². The molecule has 12 heavy (non-hydrogen) atoms. The van der Waals surface area contributed by atoms with Gasteiger partial charge in [0.15, 0.2) is 0 Å². The Morgan fingerprint density at radius 1 is 1.17 bits per heavy atom. The van der Waals surface area contributed by atoms with Crippen LogP contribution in [0.3, 0.4) is 0 Å². The van der Waals surface area contributed by atoms with Gasteiger partial charge in [-0.15, -0.1) is 0 Å². The Kier molecular flexibility index (Phi) is 2.13. The van der Waals surface area contributed by atoms with Crippen LogP contribution in [-0.4, -0.2) is 35.2 Å². The molecule has 2 rings (SSSR count). The van der Waals surface area contributed by atoms with E-state index in [4.69, 9.17) is 0 Å². The summed E-state index contributed by atoms with van der Waals surface area (Å²) in [6.45, 7) is 6.74. The molecule has 2 heteroatoms. The highest BCUT2D eigenvalue weighted by Crippen LogP contribution is 2.37. The molecule has 1 heterocycles. The van der Waals surface area contributed by atoms with Gasteiger partial charge in [0, 0.05) is 19.1 Å². The van der Waals surface area contributed by atoms with Gasteiger partial charge in [0.25, 0.3) is 0 Å². The Balaban J connectivity index is 2.02. The Morgan fingerprint density at radius 2 is 1.67 bits per heavy atom. The summed E-state index contributed by atoms with van der Waals surface area (Å²) in [5.41, 5.74) is 0. The van der Waals surface area contributed by atoms with E-state index in [0.717, 1.165) is 13.1 Å². The van der Waals surface area contributed by atoms with Crippen LogP contribution >= 0.6 is 0 Å². The molecule has 1 aliphatic heterocycles. The molecule has 0 spiro atoms. The normalized spacial score (nSPS) is 42.5. The number of fused-ring (bicyclic) bond motifs is 2. The molecule has 2 unspecified atom stereocenters. The van der Waals surface area contributed by atoms with Crippen LogP contribution in [-0.2, 0) is 0 Å². The molecule has 1 N–H and O–H groups in total. The molecule has 2 bridgehead atoms. The SMILES string of the molecule is CC(C)N1CC2CCC(C1)C2O. The zero-order chi connectivity index (χ0) is 8.72. The Hall–Kier alpha value is -0.0800. The van der Waals surface area contributed by atoms with Gasteiger partial charge in [-0.3, -0.25) is 0 Å². The van der Waals surface area contributed by atoms with E-state index in [9.17, 15) is 5.11 Å². The number of aliphatic hydroxyl groups excluding tert-OH is 1. The summed E-state index contributed by atoms with van der Waals surface area (Å²) in [6, 6.07) is 0.653. The van der Waals surface area contributed by atoms with Gasteiger partial charge < -0.3 is 10.0 Å². The molecule has 2 atom stereocenters. The van der Waals surface area contributed by atoms with Gasteiger partial charge in [0.05, 0.1) is 6.10 Å². The fraction of sp³-hybridized carbons (Fsp3) is 1.00. The van der Waals surface area contributed by atoms with Crippen LogP contribution in [0, 0.1) is 11.8 Å². The Labute approximate surface area is 74.6 Å². The number of likely N-dealkylation sites (tertiary alicyclic amines) is 1. The molecule has 70 valence electrons. The third-order valence-corrected chi connectivity index (χ3v) is 3.54. The topological polar surface area (TPSA) is 23.5 Å². The van der Waals surface area contributed by atoms with Gasteiger partial charge in [-0.2, -0.15) is 0 Å². The molecule has 1 saturated carbocycles. The number of aliphatic hydroxyl groups is 1. The number of rotatable bonds is 1. The first-order valence-electron chi connectivity index (χ1n) is 5.10. The number of hydrogen-bond donors (Lipinski definition) is 1. The average Bonchev–Trinajstić information content (AvgIpc) is 2.30. The van der Waals surface area contributed by atoms with Gasteiger partial charge in [-0.25, -0.2) is 0 Å². The highest BCUT2D eigenvalue weighted by atomic mass is 16.3. The molecule has 2 aliphatic rings. The van der Waals surface area contributed by atoms with Crippen LogP contribution < -0.4 is 0 Å². The van der Waals surface area contributed by atoms with Crippen molar-refractivity contribution < 1.29 is 5.11 Å². The van der Waals surface area contributed by atoms with E-state index in [0.29, 0.717) is 17.9 Å². The highest BCUT2D eigenvalue weighted by molar-refractivity contribution is 4.93. The van der Waals surface area contributed by atoms with Crippen molar-refractivity contribution in [3.05, 3.63) is 0 Å². The minimum atomic E-state index is 0.0139. The van der Waals surface area contributed by atoms with Crippen molar-refractivity contribution >= 4 is 0 Å². The molecule has 0 aromatic heterocycles. The predicted octanol–water partition coefficient (Wildman–Crippen LogP) is 1.10. The van der Waals surface area contributed by atoms with Crippen molar-refractivity contribution in [3.63, 3.8) is 0 Å². The standard InChI is InChI=1S/C10H19NO/c1-7(2)11-5-8-3-4-9(6-11)10(8)12/h7-10,12H,3-6H2,1-2H3. The molecule has 1 aliphatic carbocycles. The molecule has 0 aromatic rings. The minimum Gasteiger partial charge on any atom is -0.392 e. The summed E-state index contributed by atoms with van der Waals surface area (Å²) in [7, 11) is 0. The summed E-state index contributed by atoms with van der Waals surface area (Å²) in [5, 5.41) is 9.78. The minimum absolute atomic E-state index is 0.0139. The zero-order valence-corrected chi connectivity index (χ0v) is 8.03. The van der Waals surface area contributed by atoms with E-state index < -0.39 is 0 Å². The molecule has 2 fully saturated rings. The lowest BCUT2D eigenvalue weighted by atomic mass is 9.94. The van der Waals surface area contributed by atoms with Crippen molar-refractivity contribution in [2.24, 2.45) is 11.8 Å². The number of hydrogen-bond acceptors (Lipinski definition) is 2. The molecule has 0 radical (unpaired) electrons. The fourth-order valence-electron chi connectivity index (χ4n) is 2.65. The molecule has 1 saturated heterocycles. The van der Waals surface area contributed by atoms with Crippen molar-refractivity contribution in [1.82, 2.24) is 4.90 Å². The van der Waals surface area contributed by atoms with E-state index in [-0.39, 0.29) is 6.10 Å². The smallest absolute Gasteiger partial charge is 0.0620 e. The Morgan fingerprint density at radius 3 is 2.08 bits per heavy atom. The maximum atomic E-state index is 9.78. The molecular formula is C10H19NO. The first-order valence-corrected chi connectivity index (χ1v) is 5.10. The third kappa shape index (κ3) is 1.27. The molecule has 2 nitrogen and oxygen atoms in total. The quantitative estimate of drug-likeness (QED) is 0.635. The molecule has 0 aromatic carbocycles. The first-order chi connectivity index (χ1) is 5.68. The second-order valence-electron chi connectivity index (χ2n) is 4.64. The van der Waals surface area contributed by atoms with Crippen LogP contribution in [0.15, 0.2) is 0 Å². The molecular weight excluding hydrogens is 150 g/mol. The maximum absolute atomic E-state index is 9.78. The largest absolute Gasteiger partial charge is 0.392 e. The summed E-state index contributed by atoms with van der Waals surface area (Å²) in [6.07, 6.45) is 2.50. The van der Waals surface area contributed by atoms with Crippen LogP contribution in [0.2, 0.25) is 0 Å². The van der Waals surface area contributed by atoms with E-state index in [1.165, 1.54) is 12.8 Å². The third-order valence-electron chi connectivity index (χ3n) is 3.54. The van der Waals surface area contributed by atoms with Crippen molar-refractivity contribution in [2.45, 2.75) is 38.8 Å². The highest BCUT2D eigenvalue weighted by Gasteiger charge is 2.41. The van der Waals surface area contributed by atoms with E-state index in [1.54, 1.807) is 0 Å². The van der Waals surface area contributed by atoms with Crippen LogP contribution in [0.4, 0.5) is 0 Å². The lowest BCUT2D eigenvalue weighted by molar-refractivity contribution is 0.00571. The van der Waals surface area contributed by atoms with Gasteiger partial charge >= 0.3 is 0 Å². The lowest BCUT2D eigenvalue weighted by Crippen LogP contribution is -2.47. The lowest BCUT2D eigenvalue weighted by Gasteiger charge is -2.37. The summed E-state index contributed by atoms with van der Waals surface area (Å²) < 4.78 is 0. The van der Waals surface area contributed by atoms with Gasteiger partial charge in [-0.05, 0) is 38.5 Å². The zero-order valence-electron chi connectivity index (χ0n) is 8.03. The van der Waals surface area contributed by atoms with Crippen molar-refractivity contribution in [3.8, 4) is 0 Å². The van der Waals surface area contributed by atoms with E-state index in [1.807, 2.05) is 0 Å². The first kappa shape index (κ1) is 8.52. The van der Waals surface area contributed by atoms with Crippen LogP contribution in [0.25, 0.3) is 0 Å². The van der Waals surface area contributed by atoms with Crippen LogP contribution in [0.5, 0.6) is 0 Å². The fourth-order valence-corrected chi connectivity index (χ4v) is 2.65. The number of piperidine rings is 1. The predicted molar refractivity (Wildman–Crippen MR) is 48.9 cm³/mol. The van der Waals surface area contributed by atoms with Crippen LogP contribution in [0.1, 0.15) is 26.7 Å². The average molecular weight is 169 g/mol. The van der Waals surface area contributed by atoms with Crippen molar-refractivity contribution in [1.29, 1.82) is 0 Å².